The van der Waals surface area contributed by atoms with Gasteiger partial charge in [-0.3, -0.25) is 9.48 Å². The van der Waals surface area contributed by atoms with Gasteiger partial charge in [-0.2, -0.15) is 5.10 Å². The summed E-state index contributed by atoms with van der Waals surface area (Å²) in [4.78, 5) is 22.7. The van der Waals surface area contributed by atoms with Crippen molar-refractivity contribution in [3.63, 3.8) is 0 Å². The highest BCUT2D eigenvalue weighted by atomic mass is 16.5. The molecule has 2 aliphatic heterocycles. The quantitative estimate of drug-likeness (QED) is 0.275. The Morgan fingerprint density at radius 3 is 2.68 bits per heavy atom. The van der Waals surface area contributed by atoms with Crippen molar-refractivity contribution in [3.05, 3.63) is 76.4 Å². The first-order valence-electron chi connectivity index (χ1n) is 15.7. The smallest absolute Gasteiger partial charge is 0.309 e. The van der Waals surface area contributed by atoms with Crippen molar-refractivity contribution < 1.29 is 13.9 Å². The van der Waals surface area contributed by atoms with E-state index < -0.39 is 0 Å². The second-order valence-corrected chi connectivity index (χ2v) is 13.2. The number of rotatable bonds is 5. The highest BCUT2D eigenvalue weighted by Gasteiger charge is 2.29. The van der Waals surface area contributed by atoms with Crippen molar-refractivity contribution in [2.24, 2.45) is 4.99 Å². The van der Waals surface area contributed by atoms with E-state index in [1.54, 1.807) is 0 Å². The van der Waals surface area contributed by atoms with Gasteiger partial charge in [0.25, 0.3) is 0 Å². The lowest BCUT2D eigenvalue weighted by Crippen LogP contribution is -2.29. The Balaban J connectivity index is 1.12. The maximum absolute atomic E-state index is 13.1. The fourth-order valence-electron chi connectivity index (χ4n) is 6.65. The van der Waals surface area contributed by atoms with Crippen molar-refractivity contribution in [1.29, 1.82) is 0 Å². The SMILES string of the molecule is Cc1c(C2=Nc3nccc(-c4ccc5c(c4)CCCC[C@@H]5NC(=O)c4nnc(C(C)(C)C)o4)c3C2)cnn1C1CCOCC1. The topological polar surface area (TPSA) is 120 Å². The number of ether oxygens (including phenoxy) is 1. The van der Waals surface area contributed by atoms with Gasteiger partial charge in [-0.25, -0.2) is 9.98 Å². The molecule has 10 heteroatoms. The zero-order valence-corrected chi connectivity index (χ0v) is 25.9. The standard InChI is InChI=1S/C34H39N7O3/c1-20-27(19-36-41(20)23-12-15-43-16-13-23)29-18-26-24(11-14-35-30(26)37-29)22-9-10-25-21(17-22)7-5-6-8-28(25)38-31(42)32-39-40-33(44-32)34(2,3)4/h9-11,14,17,19,23,28H,5-8,12-13,15-16,18H2,1-4H3,(H,38,42)/t28-/m0/s1. The molecule has 10 nitrogen and oxygen atoms in total. The molecule has 1 atom stereocenters. The van der Waals surface area contributed by atoms with Crippen molar-refractivity contribution in [2.75, 3.05) is 13.2 Å². The van der Waals surface area contributed by atoms with Crippen LogP contribution in [0.3, 0.4) is 0 Å². The lowest BCUT2D eigenvalue weighted by atomic mass is 9.91. The first-order chi connectivity index (χ1) is 21.3. The van der Waals surface area contributed by atoms with Crippen LogP contribution in [0.15, 0.2) is 46.1 Å². The van der Waals surface area contributed by atoms with Crippen LogP contribution < -0.4 is 5.32 Å². The lowest BCUT2D eigenvalue weighted by Gasteiger charge is -2.23. The summed E-state index contributed by atoms with van der Waals surface area (Å²) in [7, 11) is 0. The molecule has 3 aliphatic rings. The molecular formula is C34H39N7O3. The maximum Gasteiger partial charge on any atom is 0.309 e. The monoisotopic (exact) mass is 593 g/mol. The fourth-order valence-corrected chi connectivity index (χ4v) is 6.65. The van der Waals surface area contributed by atoms with Gasteiger partial charge < -0.3 is 14.5 Å². The number of aromatic nitrogens is 5. The number of hydrogen-bond donors (Lipinski definition) is 1. The summed E-state index contributed by atoms with van der Waals surface area (Å²) < 4.78 is 13.4. The van der Waals surface area contributed by atoms with Crippen LogP contribution in [0, 0.1) is 6.92 Å². The third kappa shape index (κ3) is 5.36. The zero-order valence-electron chi connectivity index (χ0n) is 25.9. The maximum atomic E-state index is 13.1. The fraction of sp³-hybridized carbons (Fsp3) is 0.471. The lowest BCUT2D eigenvalue weighted by molar-refractivity contribution is 0.0657. The Kier molecular flexibility index (Phi) is 7.40. The molecule has 1 fully saturated rings. The third-order valence-corrected chi connectivity index (χ3v) is 9.09. The van der Waals surface area contributed by atoms with E-state index >= 15 is 0 Å². The molecule has 0 radical (unpaired) electrons. The summed E-state index contributed by atoms with van der Waals surface area (Å²) in [6.07, 6.45) is 10.4. The van der Waals surface area contributed by atoms with Gasteiger partial charge in [-0.05, 0) is 67.3 Å². The second kappa shape index (κ2) is 11.4. The number of pyridine rings is 1. The average Bonchev–Trinajstić information content (AvgIpc) is 3.74. The summed E-state index contributed by atoms with van der Waals surface area (Å²) >= 11 is 0. The number of aliphatic imine (C=N–C) groups is 1. The third-order valence-electron chi connectivity index (χ3n) is 9.09. The van der Waals surface area contributed by atoms with E-state index in [0.717, 1.165) is 103 Å². The Bertz CT molecular complexity index is 1740. The van der Waals surface area contributed by atoms with Crippen molar-refractivity contribution in [3.8, 4) is 11.1 Å². The van der Waals surface area contributed by atoms with Crippen LogP contribution in [-0.4, -0.2) is 49.8 Å². The Morgan fingerprint density at radius 1 is 1.05 bits per heavy atom. The van der Waals surface area contributed by atoms with E-state index in [1.807, 2.05) is 33.2 Å². The number of nitrogens with zero attached hydrogens (tertiary/aromatic N) is 6. The number of carbonyl (C=O) groups is 1. The van der Waals surface area contributed by atoms with Crippen LogP contribution in [-0.2, 0) is 23.0 Å². The number of amides is 1. The molecule has 0 saturated carbocycles. The van der Waals surface area contributed by atoms with Crippen molar-refractivity contribution >= 4 is 17.4 Å². The Labute approximate surface area is 257 Å². The van der Waals surface area contributed by atoms with Gasteiger partial charge in [-0.1, -0.05) is 45.4 Å². The molecule has 3 aromatic heterocycles. The molecule has 0 spiro atoms. The molecule has 44 heavy (non-hydrogen) atoms. The Morgan fingerprint density at radius 2 is 1.89 bits per heavy atom. The van der Waals surface area contributed by atoms with Gasteiger partial charge >= 0.3 is 11.8 Å². The van der Waals surface area contributed by atoms with Crippen molar-refractivity contribution in [2.45, 2.75) is 90.1 Å². The number of hydrogen-bond acceptors (Lipinski definition) is 8. The summed E-state index contributed by atoms with van der Waals surface area (Å²) in [6, 6.07) is 8.96. The van der Waals surface area contributed by atoms with Crippen LogP contribution >= 0.6 is 0 Å². The number of aryl methyl sites for hydroxylation is 1. The summed E-state index contributed by atoms with van der Waals surface area (Å²) in [5.41, 5.74) is 8.78. The van der Waals surface area contributed by atoms with Crippen LogP contribution in [0.1, 0.15) is 109 Å². The van der Waals surface area contributed by atoms with Crippen LogP contribution in [0.2, 0.25) is 0 Å². The van der Waals surface area contributed by atoms with Gasteiger partial charge in [0.15, 0.2) is 5.82 Å². The van der Waals surface area contributed by atoms with Crippen LogP contribution in [0.5, 0.6) is 0 Å². The van der Waals surface area contributed by atoms with E-state index in [0.29, 0.717) is 11.9 Å². The molecule has 4 aromatic rings. The summed E-state index contributed by atoms with van der Waals surface area (Å²) in [5, 5.41) is 16.0. The number of benzene rings is 1. The minimum Gasteiger partial charge on any atom is -0.416 e. The van der Waals surface area contributed by atoms with Crippen LogP contribution in [0.4, 0.5) is 5.82 Å². The molecule has 1 N–H and O–H groups in total. The molecule has 5 heterocycles. The van der Waals surface area contributed by atoms with Gasteiger partial charge in [0.2, 0.25) is 5.89 Å². The van der Waals surface area contributed by atoms with Gasteiger partial charge in [0, 0.05) is 48.1 Å². The van der Waals surface area contributed by atoms with E-state index in [1.165, 1.54) is 5.56 Å². The second-order valence-electron chi connectivity index (χ2n) is 13.2. The van der Waals surface area contributed by atoms with E-state index in [-0.39, 0.29) is 23.3 Å². The molecule has 7 rings (SSSR count). The van der Waals surface area contributed by atoms with Crippen LogP contribution in [0.25, 0.3) is 11.1 Å². The molecular weight excluding hydrogens is 554 g/mol. The average molecular weight is 594 g/mol. The van der Waals surface area contributed by atoms with E-state index in [4.69, 9.17) is 19.2 Å². The predicted octanol–water partition coefficient (Wildman–Crippen LogP) is 6.16. The number of carbonyl (C=O) groups excluding carboxylic acids is 1. The Hall–Kier alpha value is -4.18. The first-order valence-corrected chi connectivity index (χ1v) is 15.7. The molecule has 228 valence electrons. The molecule has 1 aliphatic carbocycles. The highest BCUT2D eigenvalue weighted by Crippen LogP contribution is 2.38. The van der Waals surface area contributed by atoms with Gasteiger partial charge in [-0.15, -0.1) is 10.2 Å². The normalized spacial score (nSPS) is 18.8. The van der Waals surface area contributed by atoms with E-state index in [9.17, 15) is 4.79 Å². The minimum atomic E-state index is -0.331. The molecule has 1 amide bonds. The van der Waals surface area contributed by atoms with E-state index in [2.05, 4.69) is 56.4 Å². The predicted molar refractivity (Wildman–Crippen MR) is 166 cm³/mol. The van der Waals surface area contributed by atoms with Gasteiger partial charge in [0.05, 0.1) is 24.0 Å². The largest absolute Gasteiger partial charge is 0.416 e. The first kappa shape index (κ1) is 28.6. The molecule has 1 saturated heterocycles. The molecule has 0 unspecified atom stereocenters. The van der Waals surface area contributed by atoms with Gasteiger partial charge in [0.1, 0.15) is 0 Å². The minimum absolute atomic E-state index is 0.00836. The summed E-state index contributed by atoms with van der Waals surface area (Å²) in [5.74, 6) is 0.912. The van der Waals surface area contributed by atoms with Crippen molar-refractivity contribution in [1.82, 2.24) is 30.3 Å². The number of nitrogens with one attached hydrogen (secondary N) is 1. The zero-order chi connectivity index (χ0) is 30.4. The molecule has 1 aromatic carbocycles. The highest BCUT2D eigenvalue weighted by molar-refractivity contribution is 6.08. The summed E-state index contributed by atoms with van der Waals surface area (Å²) in [6.45, 7) is 9.65. The number of fused-ring (bicyclic) bond motifs is 2. The molecule has 0 bridgehead atoms.